The number of rotatable bonds is 9. The Hall–Kier alpha value is -3.18. The molecule has 0 fully saturated rings. The van der Waals surface area contributed by atoms with E-state index in [1.54, 1.807) is 26.0 Å². The molecule has 7 nitrogen and oxygen atoms in total. The smallest absolute Gasteiger partial charge is 0.456 e. The molecule has 1 N–H and O–H groups in total. The van der Waals surface area contributed by atoms with Crippen molar-refractivity contribution in [2.24, 2.45) is 0 Å². The molecule has 0 bridgehead atoms. The Labute approximate surface area is 174 Å². The minimum absolute atomic E-state index is 0.0203. The van der Waals surface area contributed by atoms with Gasteiger partial charge >= 0.3 is 12.1 Å². The van der Waals surface area contributed by atoms with Gasteiger partial charge < -0.3 is 10.1 Å². The molecule has 2 rings (SSSR count). The van der Waals surface area contributed by atoms with Crippen molar-refractivity contribution >= 4 is 11.7 Å². The maximum absolute atomic E-state index is 12.9. The number of hydrogen-bond donors (Lipinski definition) is 1. The zero-order valence-electron chi connectivity index (χ0n) is 16.5. The van der Waals surface area contributed by atoms with Gasteiger partial charge in [0.15, 0.2) is 12.3 Å². The second-order valence-electron chi connectivity index (χ2n) is 6.59. The van der Waals surface area contributed by atoms with Gasteiger partial charge in [0.2, 0.25) is 5.88 Å². The number of amides is 1. The van der Waals surface area contributed by atoms with Crippen LogP contribution in [0.5, 0.6) is 5.88 Å². The van der Waals surface area contributed by atoms with Gasteiger partial charge in [-0.25, -0.2) is 0 Å². The van der Waals surface area contributed by atoms with Crippen molar-refractivity contribution in [3.63, 3.8) is 0 Å². The molecule has 2 heterocycles. The first-order chi connectivity index (χ1) is 14.4. The largest absolute Gasteiger partial charge is 0.470 e. The van der Waals surface area contributed by atoms with Crippen LogP contribution in [0.15, 0.2) is 30.5 Å². The van der Waals surface area contributed by atoms with Crippen molar-refractivity contribution in [2.45, 2.75) is 44.8 Å². The number of ether oxygens (including phenoxy) is 1. The molecule has 0 aliphatic rings. The molecular weight excluding hydrogens is 427 g/mol. The molecule has 1 amide bonds. The van der Waals surface area contributed by atoms with Crippen LogP contribution in [0.25, 0.3) is 0 Å². The highest BCUT2D eigenvalue weighted by atomic mass is 19.4. The molecule has 0 saturated heterocycles. The predicted octanol–water partition coefficient (Wildman–Crippen LogP) is 3.46. The van der Waals surface area contributed by atoms with Crippen LogP contribution in [0.3, 0.4) is 0 Å². The Kier molecular flexibility index (Phi) is 7.58. The summed E-state index contributed by atoms with van der Waals surface area (Å²) in [5.74, 6) is -6.28. The second-order valence-corrected chi connectivity index (χ2v) is 6.59. The van der Waals surface area contributed by atoms with Crippen molar-refractivity contribution in [2.75, 3.05) is 6.61 Å². The number of nitrogens with one attached hydrogen (secondary N) is 1. The third-order valence-electron chi connectivity index (χ3n) is 4.15. The average Bonchev–Trinajstić information content (AvgIpc) is 2.71. The summed E-state index contributed by atoms with van der Waals surface area (Å²) in [6.07, 6.45) is -3.69. The van der Waals surface area contributed by atoms with E-state index >= 15 is 0 Å². The number of carbonyl (C=O) groups is 2. The lowest BCUT2D eigenvalue weighted by Gasteiger charge is -2.19. The summed E-state index contributed by atoms with van der Waals surface area (Å²) in [5, 5.41) is 9.46. The van der Waals surface area contributed by atoms with Crippen molar-refractivity contribution in [1.82, 2.24) is 20.5 Å². The van der Waals surface area contributed by atoms with Crippen LogP contribution < -0.4 is 10.1 Å². The molecule has 12 heteroatoms. The van der Waals surface area contributed by atoms with Gasteiger partial charge in [0.05, 0.1) is 6.04 Å². The fourth-order valence-corrected chi connectivity index (χ4v) is 2.31. The van der Waals surface area contributed by atoms with Crippen LogP contribution in [0, 0.1) is 0 Å². The van der Waals surface area contributed by atoms with Gasteiger partial charge in [-0.1, -0.05) is 6.92 Å². The summed E-state index contributed by atoms with van der Waals surface area (Å²) in [7, 11) is 0. The quantitative estimate of drug-likeness (QED) is 0.593. The molecule has 0 saturated carbocycles. The molecule has 2 aromatic heterocycles. The lowest BCUT2D eigenvalue weighted by molar-refractivity contribution is -0.290. The number of alkyl halides is 5. The Morgan fingerprint density at radius 1 is 1.13 bits per heavy atom. The third kappa shape index (κ3) is 6.66. The molecule has 1 atom stereocenters. The monoisotopic (exact) mass is 446 g/mol. The third-order valence-corrected chi connectivity index (χ3v) is 4.15. The second kappa shape index (κ2) is 9.75. The van der Waals surface area contributed by atoms with Crippen LogP contribution in [0.2, 0.25) is 0 Å². The van der Waals surface area contributed by atoms with Gasteiger partial charge in [0.25, 0.3) is 5.91 Å². The highest BCUT2D eigenvalue weighted by Crippen LogP contribution is 2.35. The number of ketones is 1. The van der Waals surface area contributed by atoms with Gasteiger partial charge in [-0.15, -0.1) is 10.2 Å². The zero-order chi connectivity index (χ0) is 23.2. The topological polar surface area (TPSA) is 94.1 Å². The van der Waals surface area contributed by atoms with E-state index < -0.39 is 36.5 Å². The molecule has 31 heavy (non-hydrogen) atoms. The summed E-state index contributed by atoms with van der Waals surface area (Å²) in [6, 6.07) is 4.89. The Morgan fingerprint density at radius 2 is 1.84 bits per heavy atom. The molecule has 2 aromatic rings. The van der Waals surface area contributed by atoms with Crippen LogP contribution in [-0.4, -0.2) is 45.6 Å². The number of aromatic nitrogens is 3. The van der Waals surface area contributed by atoms with E-state index in [4.69, 9.17) is 0 Å². The van der Waals surface area contributed by atoms with Gasteiger partial charge in [-0.2, -0.15) is 22.0 Å². The summed E-state index contributed by atoms with van der Waals surface area (Å²) in [5.41, 5.74) is 1.05. The van der Waals surface area contributed by atoms with Gasteiger partial charge in [0, 0.05) is 30.8 Å². The van der Waals surface area contributed by atoms with Gasteiger partial charge in [-0.3, -0.25) is 14.6 Å². The fourth-order valence-electron chi connectivity index (χ4n) is 2.31. The minimum atomic E-state index is -5.76. The van der Waals surface area contributed by atoms with Gasteiger partial charge in [-0.05, 0) is 30.7 Å². The number of pyridine rings is 1. The summed E-state index contributed by atoms with van der Waals surface area (Å²) in [4.78, 5) is 28.0. The van der Waals surface area contributed by atoms with Crippen molar-refractivity contribution in [1.29, 1.82) is 0 Å². The molecule has 0 radical (unpaired) electrons. The fraction of sp³-hybridized carbons (Fsp3) is 0.421. The van der Waals surface area contributed by atoms with E-state index in [0.717, 1.165) is 12.1 Å². The molecule has 0 aromatic carbocycles. The van der Waals surface area contributed by atoms with E-state index in [-0.39, 0.29) is 17.9 Å². The van der Waals surface area contributed by atoms with Crippen LogP contribution >= 0.6 is 0 Å². The van der Waals surface area contributed by atoms with E-state index in [0.29, 0.717) is 17.7 Å². The van der Waals surface area contributed by atoms with E-state index in [9.17, 15) is 31.5 Å². The molecule has 0 aliphatic carbocycles. The Morgan fingerprint density at radius 3 is 2.42 bits per heavy atom. The summed E-state index contributed by atoms with van der Waals surface area (Å²) < 4.78 is 66.4. The first-order valence-corrected chi connectivity index (χ1v) is 9.11. The number of hydrogen-bond acceptors (Lipinski definition) is 6. The standard InChI is InChI=1S/C19H19F5N4O3/c1-3-14(29)9-13-8-12(6-7-25-13)11(2)26-17(30)15-4-5-16(28-27-15)31-10-18(20,21)19(22,23)24/h4-8,11H,3,9-10H2,1-2H3,(H,26,30). The van der Waals surface area contributed by atoms with E-state index in [1.807, 2.05) is 0 Å². The molecule has 0 aliphatic heterocycles. The Balaban J connectivity index is 1.98. The average molecular weight is 446 g/mol. The van der Waals surface area contributed by atoms with Crippen molar-refractivity contribution < 1.29 is 36.3 Å². The first kappa shape index (κ1) is 24.1. The molecule has 168 valence electrons. The number of nitrogens with zero attached hydrogens (tertiary/aromatic N) is 3. The van der Waals surface area contributed by atoms with Crippen molar-refractivity contribution in [3.05, 3.63) is 47.4 Å². The summed E-state index contributed by atoms with van der Waals surface area (Å²) in [6.45, 7) is 1.47. The lowest BCUT2D eigenvalue weighted by Crippen LogP contribution is -2.41. The lowest BCUT2D eigenvalue weighted by atomic mass is 10.1. The van der Waals surface area contributed by atoms with Crippen LogP contribution in [0.4, 0.5) is 22.0 Å². The van der Waals surface area contributed by atoms with E-state index in [2.05, 4.69) is 25.2 Å². The molecule has 1 unspecified atom stereocenters. The van der Waals surface area contributed by atoms with E-state index in [1.165, 1.54) is 6.20 Å². The maximum atomic E-state index is 12.9. The van der Waals surface area contributed by atoms with Crippen LogP contribution in [-0.2, 0) is 11.2 Å². The number of Topliss-reactive ketones (excluding diaryl/α,β-unsaturated/α-hetero) is 1. The maximum Gasteiger partial charge on any atom is 0.456 e. The SMILES string of the molecule is CCC(=O)Cc1cc(C(C)NC(=O)c2ccc(OCC(F)(F)C(F)(F)F)nn2)ccn1. The van der Waals surface area contributed by atoms with Gasteiger partial charge in [0.1, 0.15) is 5.78 Å². The first-order valence-electron chi connectivity index (χ1n) is 9.11. The highest BCUT2D eigenvalue weighted by molar-refractivity contribution is 5.92. The zero-order valence-corrected chi connectivity index (χ0v) is 16.5. The number of carbonyl (C=O) groups excluding carboxylic acids is 2. The molecule has 0 spiro atoms. The normalized spacial score (nSPS) is 12.9. The Bertz CT molecular complexity index is 920. The number of halogens is 5. The minimum Gasteiger partial charge on any atom is -0.470 e. The highest BCUT2D eigenvalue weighted by Gasteiger charge is 2.58. The summed E-state index contributed by atoms with van der Waals surface area (Å²) >= 11 is 0. The van der Waals surface area contributed by atoms with Crippen molar-refractivity contribution in [3.8, 4) is 5.88 Å². The molecular formula is C19H19F5N4O3. The predicted molar refractivity (Wildman–Crippen MR) is 97.6 cm³/mol. The van der Waals surface area contributed by atoms with Crippen LogP contribution in [0.1, 0.15) is 48.1 Å².